The number of hydrogen-bond acceptors (Lipinski definition) is 6. The number of carbonyl (C=O) groups is 1. The van der Waals surface area contributed by atoms with E-state index in [1.54, 1.807) is 0 Å². The van der Waals surface area contributed by atoms with Gasteiger partial charge in [-0.1, -0.05) is 17.7 Å². The molecule has 0 spiro atoms. The van der Waals surface area contributed by atoms with Gasteiger partial charge in [-0.25, -0.2) is 13.2 Å². The van der Waals surface area contributed by atoms with Crippen LogP contribution in [-0.4, -0.2) is 26.4 Å². The molecule has 0 aliphatic rings. The van der Waals surface area contributed by atoms with Crippen LogP contribution in [0, 0.1) is 10.1 Å². The number of rotatable bonds is 5. The van der Waals surface area contributed by atoms with Crippen LogP contribution in [-0.2, 0) is 14.8 Å². The highest BCUT2D eigenvalue weighted by Gasteiger charge is 2.21. The van der Waals surface area contributed by atoms with Gasteiger partial charge in [-0.05, 0) is 30.3 Å². The summed E-state index contributed by atoms with van der Waals surface area (Å²) in [6, 6.07) is 8.75. The molecule has 0 heterocycles. The molecular weight excluding hydrogens is 360 g/mol. The van der Waals surface area contributed by atoms with Gasteiger partial charge < -0.3 is 4.74 Å². The zero-order valence-electron chi connectivity index (χ0n) is 12.2. The number of anilines is 1. The first-order valence-corrected chi connectivity index (χ1v) is 8.26. The van der Waals surface area contributed by atoms with Gasteiger partial charge in [-0.15, -0.1) is 0 Å². The minimum absolute atomic E-state index is 0.107. The molecule has 0 bridgehead atoms. The Morgan fingerprint density at radius 3 is 2.58 bits per heavy atom. The molecule has 2 aromatic carbocycles. The molecule has 0 radical (unpaired) electrons. The van der Waals surface area contributed by atoms with Crippen LogP contribution < -0.4 is 4.72 Å². The molecule has 1 N–H and O–H groups in total. The zero-order valence-corrected chi connectivity index (χ0v) is 13.8. The fourth-order valence-corrected chi connectivity index (χ4v) is 3.10. The number of ether oxygens (including phenoxy) is 1. The standard InChI is InChI=1S/C14H11ClN2O6S/c1-23-14(18)9-3-2-4-10(7-9)16-24(21,22)11-5-6-12(15)13(8-11)17(19)20/h2-8,16H,1H3. The van der Waals surface area contributed by atoms with Crippen molar-refractivity contribution in [2.24, 2.45) is 0 Å². The Kier molecular flexibility index (Phi) is 5.05. The molecule has 0 atom stereocenters. The number of halogens is 1. The average molecular weight is 371 g/mol. The highest BCUT2D eigenvalue weighted by Crippen LogP contribution is 2.28. The number of sulfonamides is 1. The van der Waals surface area contributed by atoms with Crippen molar-refractivity contribution in [1.29, 1.82) is 0 Å². The van der Waals surface area contributed by atoms with E-state index in [0.717, 1.165) is 18.2 Å². The number of hydrogen-bond donors (Lipinski definition) is 1. The Balaban J connectivity index is 2.37. The van der Waals surface area contributed by atoms with E-state index >= 15 is 0 Å². The van der Waals surface area contributed by atoms with Gasteiger partial charge in [0.1, 0.15) is 5.02 Å². The fraction of sp³-hybridized carbons (Fsp3) is 0.0714. The molecular formula is C14H11ClN2O6S. The van der Waals surface area contributed by atoms with Crippen LogP contribution in [0.25, 0.3) is 0 Å². The van der Waals surface area contributed by atoms with Crippen molar-refractivity contribution in [3.63, 3.8) is 0 Å². The third-order valence-electron chi connectivity index (χ3n) is 2.96. The Bertz CT molecular complexity index is 913. The minimum Gasteiger partial charge on any atom is -0.465 e. The van der Waals surface area contributed by atoms with E-state index < -0.39 is 26.6 Å². The quantitative estimate of drug-likeness (QED) is 0.491. The molecule has 24 heavy (non-hydrogen) atoms. The second-order valence-corrected chi connectivity index (χ2v) is 6.64. The van der Waals surface area contributed by atoms with Crippen LogP contribution in [0.5, 0.6) is 0 Å². The van der Waals surface area contributed by atoms with E-state index in [2.05, 4.69) is 9.46 Å². The van der Waals surface area contributed by atoms with E-state index in [4.69, 9.17) is 11.6 Å². The molecule has 0 unspecified atom stereocenters. The Labute approximate surface area is 142 Å². The van der Waals surface area contributed by atoms with E-state index in [1.165, 1.54) is 31.4 Å². The van der Waals surface area contributed by atoms with Crippen molar-refractivity contribution in [2.75, 3.05) is 11.8 Å². The molecule has 126 valence electrons. The summed E-state index contributed by atoms with van der Waals surface area (Å²) >= 11 is 5.66. The van der Waals surface area contributed by atoms with Crippen molar-refractivity contribution in [3.8, 4) is 0 Å². The maximum absolute atomic E-state index is 12.3. The molecule has 0 saturated heterocycles. The van der Waals surface area contributed by atoms with Gasteiger partial charge in [0.25, 0.3) is 15.7 Å². The first kappa shape index (κ1) is 17.7. The number of nitrogens with one attached hydrogen (secondary N) is 1. The highest BCUT2D eigenvalue weighted by molar-refractivity contribution is 7.92. The summed E-state index contributed by atoms with van der Waals surface area (Å²) in [5.74, 6) is -0.627. The SMILES string of the molecule is COC(=O)c1cccc(NS(=O)(=O)c2ccc(Cl)c([N+](=O)[O-])c2)c1. The largest absolute Gasteiger partial charge is 0.465 e. The zero-order chi connectivity index (χ0) is 17.9. The number of esters is 1. The number of nitro groups is 1. The molecule has 0 aromatic heterocycles. The summed E-state index contributed by atoms with van der Waals surface area (Å²) in [6.45, 7) is 0. The lowest BCUT2D eigenvalue weighted by Gasteiger charge is -2.09. The topological polar surface area (TPSA) is 116 Å². The van der Waals surface area contributed by atoms with Crippen LogP contribution in [0.3, 0.4) is 0 Å². The predicted molar refractivity (Wildman–Crippen MR) is 86.7 cm³/mol. The first-order chi connectivity index (χ1) is 11.2. The van der Waals surface area contributed by atoms with Crippen LogP contribution in [0.15, 0.2) is 47.4 Å². The molecule has 0 saturated carbocycles. The second kappa shape index (κ2) is 6.85. The molecule has 0 aliphatic heterocycles. The smallest absolute Gasteiger partial charge is 0.337 e. The first-order valence-electron chi connectivity index (χ1n) is 6.40. The lowest BCUT2D eigenvalue weighted by molar-refractivity contribution is -0.384. The van der Waals surface area contributed by atoms with Crippen molar-refractivity contribution >= 4 is 39.0 Å². The van der Waals surface area contributed by atoms with Crippen LogP contribution >= 0.6 is 11.6 Å². The number of nitrogens with zero attached hydrogens (tertiary/aromatic N) is 1. The Morgan fingerprint density at radius 2 is 1.96 bits per heavy atom. The number of carbonyl (C=O) groups excluding carboxylic acids is 1. The number of methoxy groups -OCH3 is 1. The van der Waals surface area contributed by atoms with Gasteiger partial charge in [-0.3, -0.25) is 14.8 Å². The van der Waals surface area contributed by atoms with Gasteiger partial charge in [0, 0.05) is 11.8 Å². The number of nitro benzene ring substituents is 1. The maximum atomic E-state index is 12.3. The second-order valence-electron chi connectivity index (χ2n) is 4.55. The highest BCUT2D eigenvalue weighted by atomic mass is 35.5. The molecule has 0 fully saturated rings. The Hall–Kier alpha value is -2.65. The maximum Gasteiger partial charge on any atom is 0.337 e. The lowest BCUT2D eigenvalue weighted by Crippen LogP contribution is -2.14. The summed E-state index contributed by atoms with van der Waals surface area (Å²) in [5.41, 5.74) is -0.266. The fourth-order valence-electron chi connectivity index (χ4n) is 1.84. The minimum atomic E-state index is -4.10. The van der Waals surface area contributed by atoms with E-state index in [9.17, 15) is 23.3 Å². The van der Waals surface area contributed by atoms with Gasteiger partial charge >= 0.3 is 5.97 Å². The average Bonchev–Trinajstić information content (AvgIpc) is 2.53. The van der Waals surface area contributed by atoms with Crippen molar-refractivity contribution in [1.82, 2.24) is 0 Å². The summed E-state index contributed by atoms with van der Waals surface area (Å²) in [6.07, 6.45) is 0. The van der Waals surface area contributed by atoms with E-state index in [1.807, 2.05) is 0 Å². The van der Waals surface area contributed by atoms with E-state index in [-0.39, 0.29) is 21.2 Å². The van der Waals surface area contributed by atoms with Crippen LogP contribution in [0.1, 0.15) is 10.4 Å². The van der Waals surface area contributed by atoms with Crippen LogP contribution in [0.4, 0.5) is 11.4 Å². The molecule has 2 rings (SSSR count). The third kappa shape index (κ3) is 3.81. The van der Waals surface area contributed by atoms with Crippen molar-refractivity contribution in [2.45, 2.75) is 4.90 Å². The van der Waals surface area contributed by atoms with Gasteiger partial charge in [0.15, 0.2) is 0 Å². The van der Waals surface area contributed by atoms with Crippen LogP contribution in [0.2, 0.25) is 5.02 Å². The van der Waals surface area contributed by atoms with Crippen molar-refractivity contribution in [3.05, 3.63) is 63.2 Å². The summed E-state index contributed by atoms with van der Waals surface area (Å²) < 4.78 is 31.5. The molecule has 0 aliphatic carbocycles. The molecule has 8 nitrogen and oxygen atoms in total. The molecule has 2 aromatic rings. The van der Waals surface area contributed by atoms with Crippen molar-refractivity contribution < 1.29 is 22.9 Å². The number of benzene rings is 2. The van der Waals surface area contributed by atoms with Gasteiger partial charge in [0.05, 0.1) is 22.5 Å². The van der Waals surface area contributed by atoms with E-state index in [0.29, 0.717) is 0 Å². The monoisotopic (exact) mass is 370 g/mol. The summed E-state index contributed by atoms with van der Waals surface area (Å²) in [4.78, 5) is 21.2. The van der Waals surface area contributed by atoms with Gasteiger partial charge in [-0.2, -0.15) is 0 Å². The molecule has 10 heteroatoms. The van der Waals surface area contributed by atoms with Gasteiger partial charge in [0.2, 0.25) is 0 Å². The third-order valence-corrected chi connectivity index (χ3v) is 4.66. The predicted octanol–water partition coefficient (Wildman–Crippen LogP) is 2.84. The lowest BCUT2D eigenvalue weighted by atomic mass is 10.2. The normalized spacial score (nSPS) is 10.9. The Morgan fingerprint density at radius 1 is 1.25 bits per heavy atom. The summed E-state index contributed by atoms with van der Waals surface area (Å²) in [7, 11) is -2.90. The molecule has 0 amide bonds. The summed E-state index contributed by atoms with van der Waals surface area (Å²) in [5, 5.41) is 10.7.